The molecule has 0 aromatic rings. The van der Waals surface area contributed by atoms with Crippen LogP contribution in [0.2, 0.25) is 0 Å². The SMILES string of the molecule is CCCCCCCCCCCCCCCCCCCCCCCC(=O)OCC(COC(=O)CCCCCCCCC)OC(=O)CCCCCCCCCCCCCC. The summed E-state index contributed by atoms with van der Waals surface area (Å²) in [7, 11) is 0. The van der Waals surface area contributed by atoms with Crippen molar-refractivity contribution in [1.29, 1.82) is 0 Å². The summed E-state index contributed by atoms with van der Waals surface area (Å²) >= 11 is 0. The van der Waals surface area contributed by atoms with Gasteiger partial charge >= 0.3 is 17.9 Å². The zero-order chi connectivity index (χ0) is 42.3. The Balaban J connectivity index is 4.11. The highest BCUT2D eigenvalue weighted by molar-refractivity contribution is 5.71. The van der Waals surface area contributed by atoms with Crippen molar-refractivity contribution >= 4 is 17.9 Å². The van der Waals surface area contributed by atoms with E-state index in [-0.39, 0.29) is 31.1 Å². The van der Waals surface area contributed by atoms with E-state index >= 15 is 0 Å². The van der Waals surface area contributed by atoms with Gasteiger partial charge in [-0.1, -0.05) is 258 Å². The first kappa shape index (κ1) is 56.4. The first-order valence-electron chi connectivity index (χ1n) is 26.0. The molecule has 0 aromatic carbocycles. The molecular formula is C52H100O6. The topological polar surface area (TPSA) is 78.9 Å². The third kappa shape index (κ3) is 45.5. The Morgan fingerprint density at radius 1 is 0.276 bits per heavy atom. The van der Waals surface area contributed by atoms with E-state index in [0.29, 0.717) is 19.3 Å². The van der Waals surface area contributed by atoms with Crippen molar-refractivity contribution in [2.75, 3.05) is 13.2 Å². The number of unbranched alkanes of at least 4 members (excludes halogenated alkanes) is 37. The monoisotopic (exact) mass is 821 g/mol. The molecule has 0 radical (unpaired) electrons. The van der Waals surface area contributed by atoms with E-state index in [1.807, 2.05) is 0 Å². The number of carbonyl (C=O) groups is 3. The second-order valence-electron chi connectivity index (χ2n) is 17.8. The van der Waals surface area contributed by atoms with Crippen LogP contribution < -0.4 is 0 Å². The van der Waals surface area contributed by atoms with E-state index in [0.717, 1.165) is 57.8 Å². The quantitative estimate of drug-likeness (QED) is 0.0346. The molecule has 0 fully saturated rings. The Bertz CT molecular complexity index is 859. The highest BCUT2D eigenvalue weighted by atomic mass is 16.6. The molecule has 6 nitrogen and oxygen atoms in total. The van der Waals surface area contributed by atoms with Gasteiger partial charge in [0, 0.05) is 19.3 Å². The highest BCUT2D eigenvalue weighted by Crippen LogP contribution is 2.17. The molecular weight excluding hydrogens is 721 g/mol. The summed E-state index contributed by atoms with van der Waals surface area (Å²) in [6, 6.07) is 0. The fourth-order valence-electron chi connectivity index (χ4n) is 7.92. The van der Waals surface area contributed by atoms with Crippen molar-refractivity contribution in [3.8, 4) is 0 Å². The maximum Gasteiger partial charge on any atom is 0.306 e. The zero-order valence-electron chi connectivity index (χ0n) is 39.3. The van der Waals surface area contributed by atoms with E-state index in [9.17, 15) is 14.4 Å². The van der Waals surface area contributed by atoms with Gasteiger partial charge < -0.3 is 14.2 Å². The lowest BCUT2D eigenvalue weighted by Crippen LogP contribution is -2.30. The Labute approximate surface area is 361 Å². The smallest absolute Gasteiger partial charge is 0.306 e. The summed E-state index contributed by atoms with van der Waals surface area (Å²) in [6.07, 6.45) is 51.1. The Kier molecular flexibility index (Phi) is 46.8. The van der Waals surface area contributed by atoms with Gasteiger partial charge in [-0.05, 0) is 19.3 Å². The van der Waals surface area contributed by atoms with Crippen molar-refractivity contribution in [2.45, 2.75) is 303 Å². The standard InChI is InChI=1S/C52H100O6/c1-4-7-10-13-16-18-20-22-23-24-25-26-27-28-29-30-32-33-36-39-42-45-51(54)57-48-49(47-56-50(53)44-41-38-35-15-12-9-6-3)58-52(55)46-43-40-37-34-31-21-19-17-14-11-8-5-2/h49H,4-48H2,1-3H3. The summed E-state index contributed by atoms with van der Waals surface area (Å²) in [4.78, 5) is 37.7. The molecule has 0 aliphatic carbocycles. The Morgan fingerprint density at radius 2 is 0.466 bits per heavy atom. The van der Waals surface area contributed by atoms with Gasteiger partial charge in [-0.3, -0.25) is 14.4 Å². The molecule has 0 saturated heterocycles. The molecule has 58 heavy (non-hydrogen) atoms. The van der Waals surface area contributed by atoms with E-state index in [4.69, 9.17) is 14.2 Å². The highest BCUT2D eigenvalue weighted by Gasteiger charge is 2.19. The predicted molar refractivity (Wildman–Crippen MR) is 247 cm³/mol. The van der Waals surface area contributed by atoms with Crippen molar-refractivity contribution in [3.63, 3.8) is 0 Å². The molecule has 0 rings (SSSR count). The second kappa shape index (κ2) is 48.1. The number of hydrogen-bond acceptors (Lipinski definition) is 6. The Hall–Kier alpha value is -1.59. The number of carbonyl (C=O) groups excluding carboxylic acids is 3. The number of hydrogen-bond donors (Lipinski definition) is 0. The lowest BCUT2D eigenvalue weighted by atomic mass is 10.0. The number of rotatable bonds is 48. The van der Waals surface area contributed by atoms with E-state index in [2.05, 4.69) is 20.8 Å². The summed E-state index contributed by atoms with van der Waals surface area (Å²) in [6.45, 7) is 6.64. The number of esters is 3. The first-order valence-corrected chi connectivity index (χ1v) is 26.0. The normalized spacial score (nSPS) is 11.8. The molecule has 6 heteroatoms. The summed E-state index contributed by atoms with van der Waals surface area (Å²) in [5.74, 6) is -0.851. The van der Waals surface area contributed by atoms with Crippen LogP contribution in [-0.2, 0) is 28.6 Å². The third-order valence-electron chi connectivity index (χ3n) is 11.9. The average Bonchev–Trinajstić information content (AvgIpc) is 3.22. The third-order valence-corrected chi connectivity index (χ3v) is 11.9. The van der Waals surface area contributed by atoms with Crippen LogP contribution in [-0.4, -0.2) is 37.2 Å². The maximum absolute atomic E-state index is 12.7. The van der Waals surface area contributed by atoms with Gasteiger partial charge in [0.05, 0.1) is 0 Å². The minimum Gasteiger partial charge on any atom is -0.462 e. The number of ether oxygens (including phenoxy) is 3. The van der Waals surface area contributed by atoms with Gasteiger partial charge in [0.2, 0.25) is 0 Å². The van der Waals surface area contributed by atoms with Crippen LogP contribution in [0.1, 0.15) is 297 Å². The van der Waals surface area contributed by atoms with Crippen LogP contribution in [0.25, 0.3) is 0 Å². The van der Waals surface area contributed by atoms with Crippen molar-refractivity contribution in [3.05, 3.63) is 0 Å². The molecule has 0 amide bonds. The van der Waals surface area contributed by atoms with Gasteiger partial charge in [-0.2, -0.15) is 0 Å². The molecule has 0 aliphatic rings. The van der Waals surface area contributed by atoms with Gasteiger partial charge in [-0.15, -0.1) is 0 Å². The molecule has 0 aromatic heterocycles. The van der Waals surface area contributed by atoms with Gasteiger partial charge in [0.15, 0.2) is 6.10 Å². The first-order chi connectivity index (χ1) is 28.5. The van der Waals surface area contributed by atoms with Crippen LogP contribution in [0.5, 0.6) is 0 Å². The Morgan fingerprint density at radius 3 is 0.690 bits per heavy atom. The van der Waals surface area contributed by atoms with E-state index in [1.165, 1.54) is 199 Å². The van der Waals surface area contributed by atoms with E-state index < -0.39 is 6.10 Å². The summed E-state index contributed by atoms with van der Waals surface area (Å²) < 4.78 is 16.7. The van der Waals surface area contributed by atoms with Crippen molar-refractivity contribution in [2.24, 2.45) is 0 Å². The van der Waals surface area contributed by atoms with Gasteiger partial charge in [0.1, 0.15) is 13.2 Å². The molecule has 0 saturated carbocycles. The fraction of sp³-hybridized carbons (Fsp3) is 0.942. The summed E-state index contributed by atoms with van der Waals surface area (Å²) in [5.41, 5.74) is 0. The lowest BCUT2D eigenvalue weighted by Gasteiger charge is -2.18. The molecule has 0 aliphatic heterocycles. The van der Waals surface area contributed by atoms with Crippen LogP contribution in [0.15, 0.2) is 0 Å². The van der Waals surface area contributed by atoms with Crippen molar-refractivity contribution in [1.82, 2.24) is 0 Å². The average molecular weight is 821 g/mol. The molecule has 0 bridgehead atoms. The second-order valence-corrected chi connectivity index (χ2v) is 17.8. The van der Waals surface area contributed by atoms with Gasteiger partial charge in [0.25, 0.3) is 0 Å². The molecule has 0 heterocycles. The molecule has 344 valence electrons. The lowest BCUT2D eigenvalue weighted by molar-refractivity contribution is -0.167. The summed E-state index contributed by atoms with van der Waals surface area (Å²) in [5, 5.41) is 0. The minimum atomic E-state index is -0.758. The van der Waals surface area contributed by atoms with E-state index in [1.54, 1.807) is 0 Å². The van der Waals surface area contributed by atoms with Crippen LogP contribution in [0.4, 0.5) is 0 Å². The van der Waals surface area contributed by atoms with Crippen LogP contribution in [0.3, 0.4) is 0 Å². The van der Waals surface area contributed by atoms with Crippen LogP contribution in [0, 0.1) is 0 Å². The molecule has 0 N–H and O–H groups in total. The van der Waals surface area contributed by atoms with Crippen molar-refractivity contribution < 1.29 is 28.6 Å². The molecule has 1 atom stereocenters. The fourth-order valence-corrected chi connectivity index (χ4v) is 7.92. The maximum atomic E-state index is 12.7. The minimum absolute atomic E-state index is 0.0625. The largest absolute Gasteiger partial charge is 0.462 e. The van der Waals surface area contributed by atoms with Gasteiger partial charge in [-0.25, -0.2) is 0 Å². The zero-order valence-corrected chi connectivity index (χ0v) is 39.3. The molecule has 0 spiro atoms. The predicted octanol–water partition coefficient (Wildman–Crippen LogP) is 16.8. The van der Waals surface area contributed by atoms with Crippen LogP contribution >= 0.6 is 0 Å². The molecule has 1 unspecified atom stereocenters.